The molecule has 19 heavy (non-hydrogen) atoms. The molecule has 0 atom stereocenters. The second-order valence-electron chi connectivity index (χ2n) is 6.36. The maximum Gasteiger partial charge on any atom is 0.0460 e. The summed E-state index contributed by atoms with van der Waals surface area (Å²) in [6.45, 7) is 2.63. The van der Waals surface area contributed by atoms with Crippen molar-refractivity contribution in [1.29, 1.82) is 0 Å². The van der Waals surface area contributed by atoms with Crippen LogP contribution < -0.4 is 0 Å². The lowest BCUT2D eigenvalue weighted by Crippen LogP contribution is -2.48. The van der Waals surface area contributed by atoms with Crippen molar-refractivity contribution in [2.24, 2.45) is 0 Å². The van der Waals surface area contributed by atoms with Crippen molar-refractivity contribution >= 4 is 0 Å². The van der Waals surface area contributed by atoms with Crippen molar-refractivity contribution in [1.82, 2.24) is 4.90 Å². The molecule has 1 heterocycles. The van der Waals surface area contributed by atoms with E-state index in [0.29, 0.717) is 5.54 Å². The van der Waals surface area contributed by atoms with Gasteiger partial charge in [0.1, 0.15) is 0 Å². The van der Waals surface area contributed by atoms with Crippen LogP contribution in [0.15, 0.2) is 30.3 Å². The van der Waals surface area contributed by atoms with Gasteiger partial charge in [0.2, 0.25) is 0 Å². The molecule has 2 aliphatic rings. The van der Waals surface area contributed by atoms with Crippen LogP contribution in [0, 0.1) is 0 Å². The van der Waals surface area contributed by atoms with Crippen LogP contribution >= 0.6 is 0 Å². The minimum absolute atomic E-state index is 0.365. The zero-order chi connectivity index (χ0) is 13.0. The summed E-state index contributed by atoms with van der Waals surface area (Å²) in [5.74, 6) is 0. The van der Waals surface area contributed by atoms with E-state index in [2.05, 4.69) is 35.2 Å². The van der Waals surface area contributed by atoms with Crippen LogP contribution in [0.3, 0.4) is 0 Å². The topological polar surface area (TPSA) is 3.24 Å². The molecule has 1 saturated carbocycles. The van der Waals surface area contributed by atoms with Gasteiger partial charge in [0.05, 0.1) is 0 Å². The van der Waals surface area contributed by atoms with Crippen molar-refractivity contribution in [2.45, 2.75) is 63.3 Å². The Morgan fingerprint density at radius 3 is 1.89 bits per heavy atom. The summed E-state index contributed by atoms with van der Waals surface area (Å²) < 4.78 is 0. The summed E-state index contributed by atoms with van der Waals surface area (Å²) in [7, 11) is 0. The summed E-state index contributed by atoms with van der Waals surface area (Å²) in [6.07, 6.45) is 12.7. The van der Waals surface area contributed by atoms with E-state index in [0.717, 1.165) is 0 Å². The van der Waals surface area contributed by atoms with Crippen molar-refractivity contribution in [3.8, 4) is 0 Å². The van der Waals surface area contributed by atoms with Gasteiger partial charge in [0.25, 0.3) is 0 Å². The number of hydrogen-bond donors (Lipinski definition) is 0. The van der Waals surface area contributed by atoms with Crippen LogP contribution in [0.1, 0.15) is 63.4 Å². The molecule has 104 valence electrons. The molecular weight excluding hydrogens is 230 g/mol. The Labute approximate surface area is 118 Å². The van der Waals surface area contributed by atoms with E-state index in [1.54, 1.807) is 5.56 Å². The van der Waals surface area contributed by atoms with Gasteiger partial charge < -0.3 is 0 Å². The molecule has 1 aliphatic heterocycles. The number of likely N-dealkylation sites (tertiary alicyclic amines) is 1. The normalized spacial score (nSPS) is 24.8. The summed E-state index contributed by atoms with van der Waals surface area (Å²) in [4.78, 5) is 2.84. The Hall–Kier alpha value is -0.820. The first-order valence-corrected chi connectivity index (χ1v) is 8.22. The molecule has 1 nitrogen and oxygen atoms in total. The Morgan fingerprint density at radius 2 is 1.26 bits per heavy atom. The Balaban J connectivity index is 1.91. The molecular formula is C18H27N. The largest absolute Gasteiger partial charge is 0.294 e. The molecule has 0 unspecified atom stereocenters. The predicted octanol–water partition coefficient (Wildman–Crippen LogP) is 4.72. The first kappa shape index (κ1) is 13.2. The highest BCUT2D eigenvalue weighted by atomic mass is 15.2. The number of benzene rings is 1. The van der Waals surface area contributed by atoms with Gasteiger partial charge in [0, 0.05) is 5.54 Å². The molecule has 1 aliphatic carbocycles. The van der Waals surface area contributed by atoms with Crippen LogP contribution in [0.2, 0.25) is 0 Å². The third kappa shape index (κ3) is 2.72. The lowest BCUT2D eigenvalue weighted by molar-refractivity contribution is 0.0499. The maximum atomic E-state index is 2.84. The third-order valence-electron chi connectivity index (χ3n) is 5.20. The van der Waals surface area contributed by atoms with E-state index >= 15 is 0 Å². The summed E-state index contributed by atoms with van der Waals surface area (Å²) in [6, 6.07) is 11.3. The third-order valence-corrected chi connectivity index (χ3v) is 5.20. The number of rotatable bonds is 2. The fourth-order valence-corrected chi connectivity index (χ4v) is 4.17. The van der Waals surface area contributed by atoms with E-state index < -0.39 is 0 Å². The van der Waals surface area contributed by atoms with E-state index in [9.17, 15) is 0 Å². The van der Waals surface area contributed by atoms with Gasteiger partial charge in [-0.2, -0.15) is 0 Å². The molecule has 0 bridgehead atoms. The van der Waals surface area contributed by atoms with Gasteiger partial charge in [-0.05, 0) is 44.3 Å². The van der Waals surface area contributed by atoms with Gasteiger partial charge in [-0.25, -0.2) is 0 Å². The van der Waals surface area contributed by atoms with Gasteiger partial charge in [0.15, 0.2) is 0 Å². The average molecular weight is 257 g/mol. The molecule has 0 aromatic heterocycles. The lowest BCUT2D eigenvalue weighted by Gasteiger charge is -2.47. The predicted molar refractivity (Wildman–Crippen MR) is 81.2 cm³/mol. The SMILES string of the molecule is c1ccc(C2(N3CCCCCC3)CCCCC2)cc1. The van der Waals surface area contributed by atoms with Gasteiger partial charge in [-0.15, -0.1) is 0 Å². The van der Waals surface area contributed by atoms with E-state index in [-0.39, 0.29) is 0 Å². The Kier molecular flexibility index (Phi) is 4.22. The highest BCUT2D eigenvalue weighted by molar-refractivity contribution is 5.25. The zero-order valence-corrected chi connectivity index (χ0v) is 12.1. The van der Waals surface area contributed by atoms with Crippen LogP contribution in [0.5, 0.6) is 0 Å². The summed E-state index contributed by atoms with van der Waals surface area (Å²) in [5, 5.41) is 0. The van der Waals surface area contributed by atoms with Crippen LogP contribution in [-0.4, -0.2) is 18.0 Å². The minimum Gasteiger partial charge on any atom is -0.294 e. The number of nitrogens with zero attached hydrogens (tertiary/aromatic N) is 1. The fraction of sp³-hybridized carbons (Fsp3) is 0.667. The standard InChI is InChI=1S/C18H27N/c1-2-10-16-19(15-9-1)18(13-7-4-8-14-18)17-11-5-3-6-12-17/h3,5-6,11-12H,1-2,4,7-10,13-16H2. The van der Waals surface area contributed by atoms with Crippen LogP contribution in [-0.2, 0) is 5.54 Å². The molecule has 2 fully saturated rings. The van der Waals surface area contributed by atoms with Crippen molar-refractivity contribution in [3.63, 3.8) is 0 Å². The minimum atomic E-state index is 0.365. The van der Waals surface area contributed by atoms with Gasteiger partial charge in [-0.1, -0.05) is 62.4 Å². The highest BCUT2D eigenvalue weighted by Crippen LogP contribution is 2.43. The maximum absolute atomic E-state index is 2.84. The molecule has 0 amide bonds. The van der Waals surface area contributed by atoms with Gasteiger partial charge in [-0.3, -0.25) is 4.90 Å². The van der Waals surface area contributed by atoms with E-state index in [1.165, 1.54) is 70.9 Å². The molecule has 0 spiro atoms. The van der Waals surface area contributed by atoms with Crippen LogP contribution in [0.25, 0.3) is 0 Å². The van der Waals surface area contributed by atoms with Crippen molar-refractivity contribution < 1.29 is 0 Å². The first-order valence-electron chi connectivity index (χ1n) is 8.22. The highest BCUT2D eigenvalue weighted by Gasteiger charge is 2.39. The van der Waals surface area contributed by atoms with Crippen LogP contribution in [0.4, 0.5) is 0 Å². The molecule has 1 aromatic carbocycles. The van der Waals surface area contributed by atoms with Crippen molar-refractivity contribution in [3.05, 3.63) is 35.9 Å². The smallest absolute Gasteiger partial charge is 0.0460 e. The molecule has 1 aromatic rings. The molecule has 1 saturated heterocycles. The Morgan fingerprint density at radius 1 is 0.684 bits per heavy atom. The van der Waals surface area contributed by atoms with Crippen molar-refractivity contribution in [2.75, 3.05) is 13.1 Å². The molecule has 1 heteroatoms. The average Bonchev–Trinajstić information content (AvgIpc) is 2.78. The Bertz CT molecular complexity index is 370. The quantitative estimate of drug-likeness (QED) is 0.741. The molecule has 0 radical (unpaired) electrons. The zero-order valence-electron chi connectivity index (χ0n) is 12.1. The first-order chi connectivity index (χ1) is 9.42. The second kappa shape index (κ2) is 6.09. The number of hydrogen-bond acceptors (Lipinski definition) is 1. The molecule has 3 rings (SSSR count). The summed E-state index contributed by atoms with van der Waals surface area (Å²) >= 11 is 0. The fourth-order valence-electron chi connectivity index (χ4n) is 4.17. The van der Waals surface area contributed by atoms with E-state index in [4.69, 9.17) is 0 Å². The second-order valence-corrected chi connectivity index (χ2v) is 6.36. The molecule has 0 N–H and O–H groups in total. The van der Waals surface area contributed by atoms with Gasteiger partial charge >= 0.3 is 0 Å². The lowest BCUT2D eigenvalue weighted by atomic mass is 9.75. The monoisotopic (exact) mass is 257 g/mol. The van der Waals surface area contributed by atoms with E-state index in [1.807, 2.05) is 0 Å². The summed E-state index contributed by atoms with van der Waals surface area (Å²) in [5.41, 5.74) is 1.95.